The molecule has 2 N–H and O–H groups in total. The Balaban J connectivity index is 1.32. The molecule has 0 aromatic heterocycles. The van der Waals surface area contributed by atoms with Crippen molar-refractivity contribution in [2.75, 3.05) is 5.32 Å². The van der Waals surface area contributed by atoms with Gasteiger partial charge in [0.25, 0.3) is 5.91 Å². The Labute approximate surface area is 160 Å². The summed E-state index contributed by atoms with van der Waals surface area (Å²) in [5.41, 5.74) is 4.06. The number of amides is 2. The van der Waals surface area contributed by atoms with Gasteiger partial charge in [0.1, 0.15) is 0 Å². The lowest BCUT2D eigenvalue weighted by atomic mass is 9.97. The number of anilines is 1. The summed E-state index contributed by atoms with van der Waals surface area (Å²) in [6.45, 7) is 0. The maximum Gasteiger partial charge on any atom is 0.251 e. The van der Waals surface area contributed by atoms with Gasteiger partial charge in [0.15, 0.2) is 0 Å². The van der Waals surface area contributed by atoms with Crippen LogP contribution in [0, 0.1) is 0 Å². The number of fused-ring (bicyclic) bond motifs is 1. The van der Waals surface area contributed by atoms with Gasteiger partial charge >= 0.3 is 0 Å². The van der Waals surface area contributed by atoms with Crippen molar-refractivity contribution in [1.82, 2.24) is 5.32 Å². The molecular formula is C23H26N2O2. The zero-order valence-electron chi connectivity index (χ0n) is 15.5. The summed E-state index contributed by atoms with van der Waals surface area (Å²) in [5.74, 6) is 0.305. The van der Waals surface area contributed by atoms with Crippen LogP contribution in [-0.2, 0) is 11.2 Å². The van der Waals surface area contributed by atoms with Crippen LogP contribution in [0.25, 0.3) is 0 Å². The van der Waals surface area contributed by atoms with E-state index < -0.39 is 0 Å². The minimum atomic E-state index is -0.0256. The van der Waals surface area contributed by atoms with Crippen molar-refractivity contribution in [3.05, 3.63) is 65.2 Å². The second-order valence-electron chi connectivity index (χ2n) is 7.72. The van der Waals surface area contributed by atoms with Gasteiger partial charge in [0.2, 0.25) is 5.91 Å². The summed E-state index contributed by atoms with van der Waals surface area (Å²) < 4.78 is 0. The van der Waals surface area contributed by atoms with Crippen molar-refractivity contribution in [1.29, 1.82) is 0 Å². The van der Waals surface area contributed by atoms with Crippen molar-refractivity contribution in [2.24, 2.45) is 0 Å². The van der Waals surface area contributed by atoms with E-state index in [2.05, 4.69) is 28.8 Å². The molecule has 2 aromatic carbocycles. The topological polar surface area (TPSA) is 58.2 Å². The van der Waals surface area contributed by atoms with Crippen molar-refractivity contribution in [3.63, 3.8) is 0 Å². The maximum absolute atomic E-state index is 12.4. The average Bonchev–Trinajstić information content (AvgIpc) is 3.33. The molecule has 140 valence electrons. The van der Waals surface area contributed by atoms with Gasteiger partial charge < -0.3 is 10.6 Å². The van der Waals surface area contributed by atoms with E-state index in [9.17, 15) is 9.59 Å². The molecule has 27 heavy (non-hydrogen) atoms. The third kappa shape index (κ3) is 4.21. The number of hydrogen-bond acceptors (Lipinski definition) is 2. The van der Waals surface area contributed by atoms with Crippen molar-refractivity contribution in [2.45, 2.75) is 56.9 Å². The van der Waals surface area contributed by atoms with Crippen molar-refractivity contribution in [3.8, 4) is 0 Å². The Bertz CT molecular complexity index is 823. The van der Waals surface area contributed by atoms with Crippen molar-refractivity contribution < 1.29 is 9.59 Å². The quantitative estimate of drug-likeness (QED) is 0.827. The molecule has 1 fully saturated rings. The first-order chi connectivity index (χ1) is 13.2. The molecule has 0 heterocycles. The lowest BCUT2D eigenvalue weighted by Crippen LogP contribution is -2.32. The third-order valence-corrected chi connectivity index (χ3v) is 5.81. The minimum Gasteiger partial charge on any atom is -0.349 e. The number of carbonyl (C=O) groups excluding carboxylic acids is 2. The molecule has 1 saturated carbocycles. The first-order valence-electron chi connectivity index (χ1n) is 9.97. The molecule has 1 atom stereocenters. The van der Waals surface area contributed by atoms with E-state index in [0.717, 1.165) is 31.4 Å². The van der Waals surface area contributed by atoms with Gasteiger partial charge in [-0.05, 0) is 67.0 Å². The van der Waals surface area contributed by atoms with Gasteiger partial charge in [-0.3, -0.25) is 9.59 Å². The highest BCUT2D eigenvalue weighted by Gasteiger charge is 2.24. The fraction of sp³-hybridized carbons (Fsp3) is 0.391. The van der Waals surface area contributed by atoms with E-state index in [1.165, 1.54) is 24.0 Å². The van der Waals surface area contributed by atoms with Crippen LogP contribution >= 0.6 is 0 Å². The van der Waals surface area contributed by atoms with Crippen LogP contribution < -0.4 is 10.6 Å². The second kappa shape index (κ2) is 7.95. The van der Waals surface area contributed by atoms with Gasteiger partial charge in [-0.1, -0.05) is 37.1 Å². The zero-order chi connectivity index (χ0) is 18.6. The number of carbonyl (C=O) groups is 2. The summed E-state index contributed by atoms with van der Waals surface area (Å²) in [4.78, 5) is 24.7. The number of nitrogens with one attached hydrogen (secondary N) is 2. The molecule has 4 heteroatoms. The molecule has 4 rings (SSSR count). The fourth-order valence-electron chi connectivity index (χ4n) is 4.34. The molecule has 0 radical (unpaired) electrons. The van der Waals surface area contributed by atoms with Crippen LogP contribution in [0.2, 0.25) is 0 Å². The second-order valence-corrected chi connectivity index (χ2v) is 7.72. The summed E-state index contributed by atoms with van der Waals surface area (Å²) in [6.07, 6.45) is 7.13. The van der Waals surface area contributed by atoms with E-state index in [4.69, 9.17) is 0 Å². The Hall–Kier alpha value is -2.62. The molecular weight excluding hydrogens is 336 g/mol. The van der Waals surface area contributed by atoms with E-state index in [1.54, 1.807) is 12.1 Å². The van der Waals surface area contributed by atoms with Gasteiger partial charge in [0, 0.05) is 23.7 Å². The Morgan fingerprint density at radius 3 is 2.44 bits per heavy atom. The summed E-state index contributed by atoms with van der Waals surface area (Å²) in [7, 11) is 0. The predicted octanol–water partition coefficient (Wildman–Crippen LogP) is 4.42. The minimum absolute atomic E-state index is 0.0256. The average molecular weight is 362 g/mol. The van der Waals surface area contributed by atoms with E-state index in [0.29, 0.717) is 23.9 Å². The largest absolute Gasteiger partial charge is 0.349 e. The summed E-state index contributed by atoms with van der Waals surface area (Å²) in [6, 6.07) is 15.9. The molecule has 1 unspecified atom stereocenters. The van der Waals surface area contributed by atoms with Crippen LogP contribution in [0.15, 0.2) is 48.5 Å². The third-order valence-electron chi connectivity index (χ3n) is 5.81. The van der Waals surface area contributed by atoms with Crippen LogP contribution in [0.1, 0.15) is 65.9 Å². The normalized spacial score (nSPS) is 18.9. The zero-order valence-corrected chi connectivity index (χ0v) is 15.5. The summed E-state index contributed by atoms with van der Waals surface area (Å²) >= 11 is 0. The van der Waals surface area contributed by atoms with Crippen LogP contribution in [0.5, 0.6) is 0 Å². The number of rotatable bonds is 5. The van der Waals surface area contributed by atoms with Gasteiger partial charge in [0.05, 0.1) is 0 Å². The van der Waals surface area contributed by atoms with Gasteiger partial charge in [-0.2, -0.15) is 0 Å². The van der Waals surface area contributed by atoms with Gasteiger partial charge in [-0.15, -0.1) is 0 Å². The first kappa shape index (κ1) is 17.8. The smallest absolute Gasteiger partial charge is 0.251 e. The maximum atomic E-state index is 12.4. The van der Waals surface area contributed by atoms with Crippen LogP contribution in [-0.4, -0.2) is 17.9 Å². The first-order valence-corrected chi connectivity index (χ1v) is 9.97. The molecule has 2 amide bonds. The number of hydrogen-bond donors (Lipinski definition) is 2. The number of benzene rings is 2. The highest BCUT2D eigenvalue weighted by atomic mass is 16.2. The highest BCUT2D eigenvalue weighted by molar-refractivity contribution is 5.96. The molecule has 0 aliphatic heterocycles. The standard InChI is InChI=1S/C23H26N2O2/c26-22(15-18-10-9-16-5-1-4-8-21(16)18)24-20-13-11-17(12-14-20)23(27)25-19-6-2-3-7-19/h1,4-5,8,11-14,18-19H,2-3,6-7,9-10,15H2,(H,24,26)(H,25,27). The van der Waals surface area contributed by atoms with Gasteiger partial charge in [-0.25, -0.2) is 0 Å². The highest BCUT2D eigenvalue weighted by Crippen LogP contribution is 2.35. The number of aryl methyl sites for hydroxylation is 1. The molecule has 4 nitrogen and oxygen atoms in total. The lowest BCUT2D eigenvalue weighted by Gasteiger charge is -2.13. The lowest BCUT2D eigenvalue weighted by molar-refractivity contribution is -0.116. The molecule has 2 aliphatic carbocycles. The Morgan fingerprint density at radius 1 is 0.926 bits per heavy atom. The molecule has 0 spiro atoms. The molecule has 2 aromatic rings. The van der Waals surface area contributed by atoms with E-state index in [-0.39, 0.29) is 11.8 Å². The van der Waals surface area contributed by atoms with E-state index >= 15 is 0 Å². The van der Waals surface area contributed by atoms with Crippen molar-refractivity contribution >= 4 is 17.5 Å². The molecule has 0 bridgehead atoms. The summed E-state index contributed by atoms with van der Waals surface area (Å²) in [5, 5.41) is 6.06. The molecule has 2 aliphatic rings. The predicted molar refractivity (Wildman–Crippen MR) is 107 cm³/mol. The Morgan fingerprint density at radius 2 is 1.67 bits per heavy atom. The molecule has 0 saturated heterocycles. The van der Waals surface area contributed by atoms with E-state index in [1.807, 2.05) is 18.2 Å². The SMILES string of the molecule is O=C(CC1CCc2ccccc21)Nc1ccc(C(=O)NC2CCCC2)cc1. The van der Waals surface area contributed by atoms with Crippen LogP contribution in [0.3, 0.4) is 0 Å². The Kier molecular flexibility index (Phi) is 5.23. The monoisotopic (exact) mass is 362 g/mol. The van der Waals surface area contributed by atoms with Crippen LogP contribution in [0.4, 0.5) is 5.69 Å². The fourth-order valence-corrected chi connectivity index (χ4v) is 4.34.